The van der Waals surface area contributed by atoms with E-state index in [0.29, 0.717) is 5.92 Å². The highest BCUT2D eigenvalue weighted by atomic mass is 79.9. The Morgan fingerprint density at radius 2 is 1.85 bits per heavy atom. The van der Waals surface area contributed by atoms with Gasteiger partial charge in [-0.1, -0.05) is 52.3 Å². The Balaban J connectivity index is 1.78. The summed E-state index contributed by atoms with van der Waals surface area (Å²) >= 11 is 3.48. The number of aryl methyl sites for hydroxylation is 1. The van der Waals surface area contributed by atoms with Gasteiger partial charge in [0.15, 0.2) is 0 Å². The molecule has 2 heteroatoms. The first-order valence-electron chi connectivity index (χ1n) is 7.32. The van der Waals surface area contributed by atoms with Gasteiger partial charge in [0, 0.05) is 10.5 Å². The molecular weight excluding hydrogens is 310 g/mol. The smallest absolute Gasteiger partial charge is 0.0175 e. The Kier molecular flexibility index (Phi) is 4.23. The van der Waals surface area contributed by atoms with Crippen molar-refractivity contribution in [1.82, 2.24) is 0 Å². The third kappa shape index (κ3) is 2.97. The molecule has 2 aromatic rings. The predicted molar refractivity (Wildman–Crippen MR) is 87.9 cm³/mol. The van der Waals surface area contributed by atoms with Gasteiger partial charge in [0.1, 0.15) is 0 Å². The van der Waals surface area contributed by atoms with Crippen molar-refractivity contribution in [3.63, 3.8) is 0 Å². The van der Waals surface area contributed by atoms with Gasteiger partial charge >= 0.3 is 0 Å². The molecule has 0 bridgehead atoms. The molecule has 0 heterocycles. The van der Waals surface area contributed by atoms with E-state index in [-0.39, 0.29) is 6.04 Å². The summed E-state index contributed by atoms with van der Waals surface area (Å²) in [6, 6.07) is 17.5. The van der Waals surface area contributed by atoms with Gasteiger partial charge in [0.2, 0.25) is 0 Å². The zero-order valence-electron chi connectivity index (χ0n) is 11.6. The van der Waals surface area contributed by atoms with Crippen molar-refractivity contribution in [3.05, 3.63) is 69.7 Å². The molecule has 0 saturated carbocycles. The third-order valence-corrected chi connectivity index (χ3v) is 4.85. The SMILES string of the molecule is NC(Cc1ccc(Br)cc1)C1CCCc2ccccc21. The standard InChI is InChI=1S/C18H20BrN/c19-15-10-8-13(9-11-15)12-18(20)17-7-3-5-14-4-1-2-6-16(14)17/h1-2,4,6,8-11,17-18H,3,5,7,12,20H2. The summed E-state index contributed by atoms with van der Waals surface area (Å²) in [6.07, 6.45) is 4.63. The lowest BCUT2D eigenvalue weighted by Gasteiger charge is -2.30. The highest BCUT2D eigenvalue weighted by molar-refractivity contribution is 9.10. The van der Waals surface area contributed by atoms with Crippen LogP contribution in [-0.4, -0.2) is 6.04 Å². The van der Waals surface area contributed by atoms with Crippen LogP contribution in [-0.2, 0) is 12.8 Å². The van der Waals surface area contributed by atoms with Crippen LogP contribution >= 0.6 is 15.9 Å². The Bertz CT molecular complexity index is 576. The average molecular weight is 330 g/mol. The van der Waals surface area contributed by atoms with E-state index >= 15 is 0 Å². The summed E-state index contributed by atoms with van der Waals surface area (Å²) in [6.45, 7) is 0. The number of fused-ring (bicyclic) bond motifs is 1. The highest BCUT2D eigenvalue weighted by Crippen LogP contribution is 2.34. The molecule has 0 amide bonds. The monoisotopic (exact) mass is 329 g/mol. The molecule has 1 nitrogen and oxygen atoms in total. The quantitative estimate of drug-likeness (QED) is 0.885. The Hall–Kier alpha value is -1.12. The summed E-state index contributed by atoms with van der Waals surface area (Å²) < 4.78 is 1.12. The maximum atomic E-state index is 6.52. The van der Waals surface area contributed by atoms with Crippen LogP contribution in [0.5, 0.6) is 0 Å². The molecule has 0 spiro atoms. The molecule has 1 aliphatic rings. The van der Waals surface area contributed by atoms with Crippen molar-refractivity contribution in [2.75, 3.05) is 0 Å². The Morgan fingerprint density at radius 3 is 2.65 bits per heavy atom. The fourth-order valence-electron chi connectivity index (χ4n) is 3.27. The van der Waals surface area contributed by atoms with Gasteiger partial charge in [-0.25, -0.2) is 0 Å². The number of benzene rings is 2. The van der Waals surface area contributed by atoms with Gasteiger partial charge in [0.25, 0.3) is 0 Å². The first-order valence-corrected chi connectivity index (χ1v) is 8.11. The second-order valence-corrected chi connectivity index (χ2v) is 6.61. The van der Waals surface area contributed by atoms with Gasteiger partial charge in [-0.3, -0.25) is 0 Å². The van der Waals surface area contributed by atoms with E-state index in [9.17, 15) is 0 Å². The van der Waals surface area contributed by atoms with E-state index < -0.39 is 0 Å². The van der Waals surface area contributed by atoms with Crippen LogP contribution in [0.4, 0.5) is 0 Å². The van der Waals surface area contributed by atoms with Crippen molar-refractivity contribution < 1.29 is 0 Å². The Morgan fingerprint density at radius 1 is 1.10 bits per heavy atom. The van der Waals surface area contributed by atoms with E-state index in [1.807, 2.05) is 0 Å². The molecule has 0 aromatic heterocycles. The topological polar surface area (TPSA) is 26.0 Å². The minimum Gasteiger partial charge on any atom is -0.327 e. The van der Waals surface area contributed by atoms with E-state index in [1.165, 1.54) is 36.0 Å². The molecule has 20 heavy (non-hydrogen) atoms. The largest absolute Gasteiger partial charge is 0.327 e. The zero-order valence-corrected chi connectivity index (χ0v) is 13.1. The number of rotatable bonds is 3. The molecule has 2 unspecified atom stereocenters. The third-order valence-electron chi connectivity index (χ3n) is 4.32. The van der Waals surface area contributed by atoms with Gasteiger partial charge in [0.05, 0.1) is 0 Å². The van der Waals surface area contributed by atoms with Crippen molar-refractivity contribution in [2.45, 2.75) is 37.6 Å². The molecule has 2 N–H and O–H groups in total. The highest BCUT2D eigenvalue weighted by Gasteiger charge is 2.25. The van der Waals surface area contributed by atoms with Crippen LogP contribution in [0.25, 0.3) is 0 Å². The number of halogens is 1. The molecule has 3 rings (SSSR count). The number of nitrogens with two attached hydrogens (primary N) is 1. The Labute approximate surface area is 129 Å². The minimum absolute atomic E-state index is 0.206. The van der Waals surface area contributed by atoms with Crippen LogP contribution in [0.15, 0.2) is 53.0 Å². The molecule has 0 fully saturated rings. The molecule has 1 aliphatic carbocycles. The summed E-state index contributed by atoms with van der Waals surface area (Å²) in [5, 5.41) is 0. The van der Waals surface area contributed by atoms with Gasteiger partial charge in [-0.2, -0.15) is 0 Å². The lowest BCUT2D eigenvalue weighted by molar-refractivity contribution is 0.460. The second kappa shape index (κ2) is 6.11. The number of hydrogen-bond donors (Lipinski definition) is 1. The van der Waals surface area contributed by atoms with E-state index in [1.54, 1.807) is 0 Å². The molecular formula is C18H20BrN. The molecule has 104 valence electrons. The summed E-state index contributed by atoms with van der Waals surface area (Å²) in [5.74, 6) is 0.503. The zero-order chi connectivity index (χ0) is 13.9. The molecule has 2 atom stereocenters. The fraction of sp³-hybridized carbons (Fsp3) is 0.333. The second-order valence-electron chi connectivity index (χ2n) is 5.69. The maximum Gasteiger partial charge on any atom is 0.0175 e. The van der Waals surface area contributed by atoms with Crippen molar-refractivity contribution in [3.8, 4) is 0 Å². The first-order chi connectivity index (χ1) is 9.74. The van der Waals surface area contributed by atoms with Gasteiger partial charge < -0.3 is 5.73 Å². The normalized spacial score (nSPS) is 19.4. The van der Waals surface area contributed by atoms with Crippen LogP contribution in [0, 0.1) is 0 Å². The van der Waals surface area contributed by atoms with Gasteiger partial charge in [-0.15, -0.1) is 0 Å². The number of hydrogen-bond acceptors (Lipinski definition) is 1. The average Bonchev–Trinajstić information content (AvgIpc) is 2.49. The van der Waals surface area contributed by atoms with Crippen LogP contribution in [0.2, 0.25) is 0 Å². The molecule has 0 saturated heterocycles. The fourth-order valence-corrected chi connectivity index (χ4v) is 3.54. The molecule has 2 aromatic carbocycles. The minimum atomic E-state index is 0.206. The molecule has 0 aliphatic heterocycles. The lowest BCUT2D eigenvalue weighted by Crippen LogP contribution is -2.33. The van der Waals surface area contributed by atoms with Crippen molar-refractivity contribution in [1.29, 1.82) is 0 Å². The summed E-state index contributed by atoms with van der Waals surface area (Å²) in [4.78, 5) is 0. The molecule has 0 radical (unpaired) electrons. The van der Waals surface area contributed by atoms with Crippen LogP contribution in [0.1, 0.15) is 35.4 Å². The maximum absolute atomic E-state index is 6.52. The van der Waals surface area contributed by atoms with E-state index in [4.69, 9.17) is 5.73 Å². The van der Waals surface area contributed by atoms with E-state index in [2.05, 4.69) is 64.5 Å². The van der Waals surface area contributed by atoms with Crippen LogP contribution < -0.4 is 5.73 Å². The summed E-state index contributed by atoms with van der Waals surface area (Å²) in [5.41, 5.74) is 10.8. The van der Waals surface area contributed by atoms with E-state index in [0.717, 1.165) is 10.9 Å². The van der Waals surface area contributed by atoms with Crippen molar-refractivity contribution in [2.24, 2.45) is 5.73 Å². The summed E-state index contributed by atoms with van der Waals surface area (Å²) in [7, 11) is 0. The van der Waals surface area contributed by atoms with Crippen molar-refractivity contribution >= 4 is 15.9 Å². The first kappa shape index (κ1) is 13.8. The van der Waals surface area contributed by atoms with Crippen LogP contribution in [0.3, 0.4) is 0 Å². The lowest BCUT2D eigenvalue weighted by atomic mass is 9.77. The predicted octanol–water partition coefficient (Wildman–Crippen LogP) is 4.44. The van der Waals surface area contributed by atoms with Gasteiger partial charge in [-0.05, 0) is 60.4 Å².